The molecule has 156 valence electrons. The van der Waals surface area contributed by atoms with Crippen LogP contribution in [0.1, 0.15) is 18.4 Å². The summed E-state index contributed by atoms with van der Waals surface area (Å²) in [5, 5.41) is 2.95. The van der Waals surface area contributed by atoms with Crippen LogP contribution in [0.3, 0.4) is 0 Å². The van der Waals surface area contributed by atoms with Crippen molar-refractivity contribution in [2.75, 3.05) is 43.5 Å². The molecule has 0 aromatic heterocycles. The fraction of sp³-hybridized carbons (Fsp3) is 0.333. The first-order valence-electron chi connectivity index (χ1n) is 10.4. The number of hydrogen-bond donors (Lipinski definition) is 1. The summed E-state index contributed by atoms with van der Waals surface area (Å²) in [6.07, 6.45) is 1.28. The number of anilines is 2. The van der Waals surface area contributed by atoms with Gasteiger partial charge in [0.2, 0.25) is 0 Å². The number of amides is 1. The Morgan fingerprint density at radius 2 is 1.73 bits per heavy atom. The zero-order chi connectivity index (χ0) is 21.1. The van der Waals surface area contributed by atoms with Crippen molar-refractivity contribution in [1.82, 2.24) is 10.2 Å². The smallest absolute Gasteiger partial charge is 0.258 e. The summed E-state index contributed by atoms with van der Waals surface area (Å²) in [4.78, 5) is 32.5. The average Bonchev–Trinajstić information content (AvgIpc) is 3.06. The molecule has 2 heterocycles. The van der Waals surface area contributed by atoms with Gasteiger partial charge in [0.15, 0.2) is 5.78 Å². The van der Waals surface area contributed by atoms with Gasteiger partial charge in [-0.15, -0.1) is 0 Å². The summed E-state index contributed by atoms with van der Waals surface area (Å²) in [6, 6.07) is 17.9. The monoisotopic (exact) mass is 404 g/mol. The minimum absolute atomic E-state index is 0.0859. The van der Waals surface area contributed by atoms with Gasteiger partial charge >= 0.3 is 0 Å². The zero-order valence-corrected chi connectivity index (χ0v) is 17.6. The normalized spacial score (nSPS) is 15.5. The number of para-hydroxylation sites is 2. The standard InChI is InChI=1S/C24H28N4O2/c1-26(2)14-8-15-27-19-11-6-7-12-20(19)28-16-13-21(29)22(24(27)28)23(30)25-17-18-9-4-3-5-10-18/h3-7,9-12H,8,13-17H2,1-2H3,(H,25,30). The molecule has 2 aliphatic rings. The van der Waals surface area contributed by atoms with Gasteiger partial charge in [-0.25, -0.2) is 0 Å². The number of fused-ring (bicyclic) bond motifs is 3. The molecule has 1 amide bonds. The third-order valence-electron chi connectivity index (χ3n) is 5.55. The summed E-state index contributed by atoms with van der Waals surface area (Å²) < 4.78 is 0. The van der Waals surface area contributed by atoms with E-state index in [1.807, 2.05) is 42.5 Å². The van der Waals surface area contributed by atoms with Crippen molar-refractivity contribution < 1.29 is 9.59 Å². The van der Waals surface area contributed by atoms with Crippen LogP contribution in [0.2, 0.25) is 0 Å². The lowest BCUT2D eigenvalue weighted by atomic mass is 10.0. The number of carbonyl (C=O) groups is 2. The minimum atomic E-state index is -0.297. The van der Waals surface area contributed by atoms with E-state index >= 15 is 0 Å². The van der Waals surface area contributed by atoms with Gasteiger partial charge < -0.3 is 20.0 Å². The number of nitrogens with zero attached hydrogens (tertiary/aromatic N) is 3. The lowest BCUT2D eigenvalue weighted by molar-refractivity contribution is -0.123. The number of carbonyl (C=O) groups excluding carboxylic acids is 2. The van der Waals surface area contributed by atoms with Crippen molar-refractivity contribution in [3.05, 3.63) is 71.6 Å². The van der Waals surface area contributed by atoms with E-state index in [0.29, 0.717) is 19.5 Å². The van der Waals surface area contributed by atoms with E-state index in [4.69, 9.17) is 0 Å². The molecule has 0 atom stereocenters. The Morgan fingerprint density at radius 3 is 2.47 bits per heavy atom. The summed E-state index contributed by atoms with van der Waals surface area (Å²) >= 11 is 0. The van der Waals surface area contributed by atoms with Crippen molar-refractivity contribution in [2.24, 2.45) is 0 Å². The van der Waals surface area contributed by atoms with Crippen LogP contribution in [0.4, 0.5) is 11.4 Å². The molecule has 0 spiro atoms. The Morgan fingerprint density at radius 1 is 1.03 bits per heavy atom. The molecular weight excluding hydrogens is 376 g/mol. The Hall–Kier alpha value is -3.12. The number of hydrogen-bond acceptors (Lipinski definition) is 5. The molecule has 0 radical (unpaired) electrons. The third-order valence-corrected chi connectivity index (χ3v) is 5.55. The van der Waals surface area contributed by atoms with E-state index in [9.17, 15) is 9.59 Å². The molecule has 0 fully saturated rings. The van der Waals surface area contributed by atoms with E-state index in [2.05, 4.69) is 46.2 Å². The van der Waals surface area contributed by atoms with Crippen LogP contribution in [0.15, 0.2) is 66.0 Å². The highest BCUT2D eigenvalue weighted by atomic mass is 16.2. The Kier molecular flexibility index (Phi) is 5.86. The molecule has 0 saturated carbocycles. The van der Waals surface area contributed by atoms with E-state index < -0.39 is 0 Å². The van der Waals surface area contributed by atoms with Crippen LogP contribution in [-0.4, -0.2) is 50.3 Å². The fourth-order valence-electron chi connectivity index (χ4n) is 4.12. The topological polar surface area (TPSA) is 55.9 Å². The van der Waals surface area contributed by atoms with Gasteiger partial charge in [-0.1, -0.05) is 42.5 Å². The van der Waals surface area contributed by atoms with Gasteiger partial charge in [-0.3, -0.25) is 9.59 Å². The first-order valence-corrected chi connectivity index (χ1v) is 10.4. The molecule has 0 unspecified atom stereocenters. The highest BCUT2D eigenvalue weighted by Crippen LogP contribution is 2.44. The Bertz CT molecular complexity index is 968. The van der Waals surface area contributed by atoms with Gasteiger partial charge in [-0.05, 0) is 44.8 Å². The molecule has 0 bridgehead atoms. The van der Waals surface area contributed by atoms with Gasteiger partial charge in [0, 0.05) is 26.1 Å². The van der Waals surface area contributed by atoms with Crippen LogP contribution in [-0.2, 0) is 16.1 Å². The predicted octanol–water partition coefficient (Wildman–Crippen LogP) is 2.77. The Balaban J connectivity index is 1.66. The Labute approximate surface area is 177 Å². The van der Waals surface area contributed by atoms with Crippen molar-refractivity contribution in [3.63, 3.8) is 0 Å². The van der Waals surface area contributed by atoms with Crippen LogP contribution < -0.4 is 15.1 Å². The summed E-state index contributed by atoms with van der Waals surface area (Å²) in [5.41, 5.74) is 3.42. The van der Waals surface area contributed by atoms with Crippen LogP contribution in [0.25, 0.3) is 0 Å². The first kappa shape index (κ1) is 20.2. The van der Waals surface area contributed by atoms with Gasteiger partial charge in [-0.2, -0.15) is 0 Å². The van der Waals surface area contributed by atoms with E-state index in [1.165, 1.54) is 0 Å². The molecule has 6 heteroatoms. The maximum absolute atomic E-state index is 13.2. The fourth-order valence-corrected chi connectivity index (χ4v) is 4.12. The number of nitrogens with one attached hydrogen (secondary N) is 1. The molecule has 2 aromatic rings. The van der Waals surface area contributed by atoms with Crippen LogP contribution in [0, 0.1) is 0 Å². The van der Waals surface area contributed by atoms with Gasteiger partial charge in [0.25, 0.3) is 5.91 Å². The maximum atomic E-state index is 13.2. The maximum Gasteiger partial charge on any atom is 0.258 e. The molecule has 0 saturated heterocycles. The number of Topliss-reactive ketones (excluding diaryl/α,β-unsaturated/α-hetero) is 1. The summed E-state index contributed by atoms with van der Waals surface area (Å²) in [6.45, 7) is 2.70. The highest BCUT2D eigenvalue weighted by Gasteiger charge is 2.40. The average molecular weight is 405 g/mol. The molecule has 4 rings (SSSR count). The van der Waals surface area contributed by atoms with Gasteiger partial charge in [0.1, 0.15) is 11.4 Å². The molecular formula is C24H28N4O2. The number of rotatable bonds is 7. The largest absolute Gasteiger partial charge is 0.348 e. The zero-order valence-electron chi connectivity index (χ0n) is 17.6. The van der Waals surface area contributed by atoms with Crippen LogP contribution in [0.5, 0.6) is 0 Å². The van der Waals surface area contributed by atoms with Crippen molar-refractivity contribution in [2.45, 2.75) is 19.4 Å². The number of benzene rings is 2. The molecule has 0 aliphatic carbocycles. The van der Waals surface area contributed by atoms with E-state index in [0.717, 1.165) is 42.3 Å². The molecule has 2 aliphatic heterocycles. The second-order valence-corrected chi connectivity index (χ2v) is 7.99. The van der Waals surface area contributed by atoms with Crippen LogP contribution >= 0.6 is 0 Å². The second kappa shape index (κ2) is 8.71. The molecule has 2 aromatic carbocycles. The second-order valence-electron chi connectivity index (χ2n) is 7.99. The molecule has 6 nitrogen and oxygen atoms in total. The third kappa shape index (κ3) is 3.96. The predicted molar refractivity (Wildman–Crippen MR) is 119 cm³/mol. The lowest BCUT2D eigenvalue weighted by Gasteiger charge is -2.31. The first-order chi connectivity index (χ1) is 14.6. The van der Waals surface area contributed by atoms with E-state index in [-0.39, 0.29) is 17.3 Å². The summed E-state index contributed by atoms with van der Waals surface area (Å²) in [7, 11) is 4.10. The quantitative estimate of drug-likeness (QED) is 0.720. The van der Waals surface area contributed by atoms with Crippen molar-refractivity contribution in [3.8, 4) is 0 Å². The van der Waals surface area contributed by atoms with Gasteiger partial charge in [0.05, 0.1) is 11.4 Å². The van der Waals surface area contributed by atoms with E-state index in [1.54, 1.807) is 0 Å². The van der Waals surface area contributed by atoms with Crippen molar-refractivity contribution >= 4 is 23.1 Å². The highest BCUT2D eigenvalue weighted by molar-refractivity contribution is 6.22. The number of ketones is 1. The SMILES string of the molecule is CN(C)CCCN1C2=C(C(=O)NCc3ccccc3)C(=O)CCN2c2ccccc21. The molecule has 1 N–H and O–H groups in total. The summed E-state index contributed by atoms with van der Waals surface area (Å²) in [5.74, 6) is 0.350. The lowest BCUT2D eigenvalue weighted by Crippen LogP contribution is -2.42. The minimum Gasteiger partial charge on any atom is -0.348 e. The molecule has 30 heavy (non-hydrogen) atoms. The van der Waals surface area contributed by atoms with Crippen molar-refractivity contribution in [1.29, 1.82) is 0 Å².